The van der Waals surface area contributed by atoms with Crippen LogP contribution in [0.3, 0.4) is 0 Å². The summed E-state index contributed by atoms with van der Waals surface area (Å²) in [4.78, 5) is 0. The van der Waals surface area contributed by atoms with Crippen LogP contribution in [0.5, 0.6) is 0 Å². The minimum Gasteiger partial charge on any atom is -0.461 e. The summed E-state index contributed by atoms with van der Waals surface area (Å²) in [6.45, 7) is 4.70. The van der Waals surface area contributed by atoms with Crippen molar-refractivity contribution >= 4 is 11.0 Å². The van der Waals surface area contributed by atoms with E-state index < -0.39 is 6.10 Å². The number of aliphatic hydroxyl groups is 1. The average molecular weight is 273 g/mol. The van der Waals surface area contributed by atoms with Crippen molar-refractivity contribution in [3.05, 3.63) is 35.6 Å². The molecule has 3 N–H and O–H groups in total. The van der Waals surface area contributed by atoms with Gasteiger partial charge in [0.15, 0.2) is 0 Å². The summed E-state index contributed by atoms with van der Waals surface area (Å²) in [5.74, 6) is 1.44. The molecule has 1 aliphatic carbocycles. The Kier molecular flexibility index (Phi) is 3.35. The van der Waals surface area contributed by atoms with E-state index in [1.54, 1.807) is 0 Å². The first-order valence-corrected chi connectivity index (χ1v) is 7.43. The van der Waals surface area contributed by atoms with Crippen LogP contribution in [0.1, 0.15) is 43.6 Å². The number of benzene rings is 1. The molecule has 3 rings (SSSR count). The van der Waals surface area contributed by atoms with Crippen LogP contribution in [0.15, 0.2) is 28.7 Å². The van der Waals surface area contributed by atoms with Gasteiger partial charge in [0, 0.05) is 22.9 Å². The van der Waals surface area contributed by atoms with Gasteiger partial charge in [-0.3, -0.25) is 0 Å². The number of para-hydroxylation sites is 1. The molecule has 0 aliphatic heterocycles. The number of nitrogens with two attached hydrogens (primary N) is 1. The Labute approximate surface area is 119 Å². The highest BCUT2D eigenvalue weighted by Gasteiger charge is 2.44. The van der Waals surface area contributed by atoms with Crippen molar-refractivity contribution in [2.45, 2.75) is 39.2 Å². The molecule has 0 spiro atoms. The largest absolute Gasteiger partial charge is 0.461 e. The SMILES string of the molecule is Cc1oc2ccccc2c1C(O)C1(CN)CCC(C)C1. The number of hydrogen-bond donors (Lipinski definition) is 2. The Morgan fingerprint density at radius 2 is 2.20 bits per heavy atom. The Morgan fingerprint density at radius 3 is 2.85 bits per heavy atom. The maximum atomic E-state index is 11.0. The van der Waals surface area contributed by atoms with Gasteiger partial charge in [-0.15, -0.1) is 0 Å². The molecule has 3 nitrogen and oxygen atoms in total. The summed E-state index contributed by atoms with van der Waals surface area (Å²) < 4.78 is 5.80. The van der Waals surface area contributed by atoms with Gasteiger partial charge in [-0.1, -0.05) is 31.5 Å². The standard InChI is InChI=1S/C17H23NO2/c1-11-7-8-17(9-11,10-18)16(19)15-12(2)20-14-6-4-3-5-13(14)15/h3-6,11,16,19H,7-10,18H2,1-2H3. The molecular formula is C17H23NO2. The third-order valence-corrected chi connectivity index (χ3v) is 4.97. The van der Waals surface area contributed by atoms with Gasteiger partial charge in [-0.2, -0.15) is 0 Å². The smallest absolute Gasteiger partial charge is 0.134 e. The highest BCUT2D eigenvalue weighted by atomic mass is 16.3. The van der Waals surface area contributed by atoms with Gasteiger partial charge < -0.3 is 15.3 Å². The molecule has 0 radical (unpaired) electrons. The average Bonchev–Trinajstić information content (AvgIpc) is 2.98. The molecule has 3 unspecified atom stereocenters. The van der Waals surface area contributed by atoms with E-state index in [0.717, 1.165) is 41.6 Å². The molecule has 1 heterocycles. The fraction of sp³-hybridized carbons (Fsp3) is 0.529. The second kappa shape index (κ2) is 4.90. The molecule has 1 aromatic carbocycles. The number of hydrogen-bond acceptors (Lipinski definition) is 3. The summed E-state index contributed by atoms with van der Waals surface area (Å²) in [7, 11) is 0. The highest BCUT2D eigenvalue weighted by Crippen LogP contribution is 2.51. The Bertz CT molecular complexity index is 618. The second-order valence-electron chi connectivity index (χ2n) is 6.39. The van der Waals surface area contributed by atoms with Crippen LogP contribution in [0, 0.1) is 18.3 Å². The van der Waals surface area contributed by atoms with Gasteiger partial charge in [0.05, 0.1) is 6.10 Å². The minimum absolute atomic E-state index is 0.198. The lowest BCUT2D eigenvalue weighted by Gasteiger charge is -2.33. The molecule has 0 amide bonds. The lowest BCUT2D eigenvalue weighted by Crippen LogP contribution is -2.34. The molecule has 1 fully saturated rings. The maximum Gasteiger partial charge on any atom is 0.134 e. The van der Waals surface area contributed by atoms with E-state index in [2.05, 4.69) is 6.92 Å². The summed E-state index contributed by atoms with van der Waals surface area (Å²) in [5, 5.41) is 12.0. The van der Waals surface area contributed by atoms with E-state index in [-0.39, 0.29) is 5.41 Å². The number of aliphatic hydroxyl groups excluding tert-OH is 1. The third-order valence-electron chi connectivity index (χ3n) is 4.97. The first kappa shape index (κ1) is 13.7. The Hall–Kier alpha value is -1.32. The minimum atomic E-state index is -0.541. The zero-order valence-electron chi connectivity index (χ0n) is 12.2. The molecule has 1 saturated carbocycles. The van der Waals surface area contributed by atoms with E-state index in [1.807, 2.05) is 31.2 Å². The van der Waals surface area contributed by atoms with E-state index in [0.29, 0.717) is 12.5 Å². The maximum absolute atomic E-state index is 11.0. The van der Waals surface area contributed by atoms with Crippen molar-refractivity contribution in [2.75, 3.05) is 6.54 Å². The normalized spacial score (nSPS) is 28.1. The van der Waals surface area contributed by atoms with Crippen LogP contribution < -0.4 is 5.73 Å². The van der Waals surface area contributed by atoms with Crippen molar-refractivity contribution in [1.82, 2.24) is 0 Å². The lowest BCUT2D eigenvalue weighted by atomic mass is 9.76. The summed E-state index contributed by atoms with van der Waals surface area (Å²) in [6.07, 6.45) is 2.58. The molecule has 108 valence electrons. The molecule has 1 aromatic heterocycles. The zero-order valence-corrected chi connectivity index (χ0v) is 12.2. The quantitative estimate of drug-likeness (QED) is 0.899. The van der Waals surface area contributed by atoms with Crippen LogP contribution in [-0.4, -0.2) is 11.7 Å². The van der Waals surface area contributed by atoms with Crippen molar-refractivity contribution in [3.8, 4) is 0 Å². The molecule has 2 aromatic rings. The number of fused-ring (bicyclic) bond motifs is 1. The van der Waals surface area contributed by atoms with Crippen molar-refractivity contribution < 1.29 is 9.52 Å². The molecule has 1 aliphatic rings. The molecule has 20 heavy (non-hydrogen) atoms. The van der Waals surface area contributed by atoms with Gasteiger partial charge in [0.25, 0.3) is 0 Å². The first-order chi connectivity index (χ1) is 9.57. The van der Waals surface area contributed by atoms with E-state index in [1.165, 1.54) is 0 Å². The molecule has 0 saturated heterocycles. The van der Waals surface area contributed by atoms with Crippen LogP contribution in [0.25, 0.3) is 11.0 Å². The third kappa shape index (κ3) is 1.97. The van der Waals surface area contributed by atoms with Crippen LogP contribution in [0.2, 0.25) is 0 Å². The predicted octanol–water partition coefficient (Wildman–Crippen LogP) is 3.54. The van der Waals surface area contributed by atoms with E-state index >= 15 is 0 Å². The van der Waals surface area contributed by atoms with Crippen LogP contribution >= 0.6 is 0 Å². The lowest BCUT2D eigenvalue weighted by molar-refractivity contribution is 0.0307. The van der Waals surface area contributed by atoms with Crippen LogP contribution in [0.4, 0.5) is 0 Å². The summed E-state index contributed by atoms with van der Waals surface area (Å²) >= 11 is 0. The summed E-state index contributed by atoms with van der Waals surface area (Å²) in [5.41, 5.74) is 7.62. The number of furan rings is 1. The van der Waals surface area contributed by atoms with E-state index in [4.69, 9.17) is 10.2 Å². The van der Waals surface area contributed by atoms with Gasteiger partial charge in [0.2, 0.25) is 0 Å². The fourth-order valence-electron chi connectivity index (χ4n) is 3.81. The molecule has 3 atom stereocenters. The highest BCUT2D eigenvalue weighted by molar-refractivity contribution is 5.82. The van der Waals surface area contributed by atoms with Gasteiger partial charge in [-0.25, -0.2) is 0 Å². The molecule has 3 heteroatoms. The predicted molar refractivity (Wildman–Crippen MR) is 80.4 cm³/mol. The van der Waals surface area contributed by atoms with Gasteiger partial charge in [-0.05, 0) is 31.7 Å². The Balaban J connectivity index is 2.08. The van der Waals surface area contributed by atoms with E-state index in [9.17, 15) is 5.11 Å². The molecule has 0 bridgehead atoms. The second-order valence-corrected chi connectivity index (χ2v) is 6.39. The summed E-state index contributed by atoms with van der Waals surface area (Å²) in [6, 6.07) is 7.91. The zero-order chi connectivity index (χ0) is 14.3. The fourth-order valence-corrected chi connectivity index (χ4v) is 3.81. The molecular weight excluding hydrogens is 250 g/mol. The number of aryl methyl sites for hydroxylation is 1. The number of rotatable bonds is 3. The Morgan fingerprint density at radius 1 is 1.45 bits per heavy atom. The van der Waals surface area contributed by atoms with Gasteiger partial charge in [0.1, 0.15) is 11.3 Å². The van der Waals surface area contributed by atoms with Crippen LogP contribution in [-0.2, 0) is 0 Å². The van der Waals surface area contributed by atoms with Crippen molar-refractivity contribution in [2.24, 2.45) is 17.1 Å². The first-order valence-electron chi connectivity index (χ1n) is 7.43. The topological polar surface area (TPSA) is 59.4 Å². The van der Waals surface area contributed by atoms with Gasteiger partial charge >= 0.3 is 0 Å². The van der Waals surface area contributed by atoms with Crippen molar-refractivity contribution in [3.63, 3.8) is 0 Å². The monoisotopic (exact) mass is 273 g/mol. The van der Waals surface area contributed by atoms with Crippen molar-refractivity contribution in [1.29, 1.82) is 0 Å².